The van der Waals surface area contributed by atoms with Gasteiger partial charge in [-0.05, 0) is 181 Å². The van der Waals surface area contributed by atoms with Crippen molar-refractivity contribution in [3.8, 4) is 78.4 Å². The zero-order chi connectivity index (χ0) is 89.2. The Kier molecular flexibility index (Phi) is 17.7. The lowest BCUT2D eigenvalue weighted by Crippen LogP contribution is -2.31. The highest BCUT2D eigenvalue weighted by Gasteiger charge is 2.28. The number of furan rings is 4. The van der Waals surface area contributed by atoms with Crippen molar-refractivity contribution in [2.75, 3.05) is 0 Å². The number of pyridine rings is 4. The second-order valence-electron chi connectivity index (χ2n) is 33.0. The lowest BCUT2D eigenvalue weighted by atomic mass is 9.95. The van der Waals surface area contributed by atoms with Gasteiger partial charge < -0.3 is 17.7 Å². The Morgan fingerprint density at radius 2 is 0.577 bits per heavy atom. The predicted molar refractivity (Wildman–Crippen MR) is 510 cm³/mol. The van der Waals surface area contributed by atoms with Crippen LogP contribution in [0, 0.1) is 62.2 Å². The molecule has 0 aliphatic rings. The first kappa shape index (κ1) is 70.0. The average Bonchev–Trinajstić information content (AvgIpc) is 1.59. The average molecular weight is 1600 g/mol. The van der Waals surface area contributed by atoms with E-state index in [0.29, 0.717) is 22.3 Å². The summed E-state index contributed by atoms with van der Waals surface area (Å²) in [5, 5.41) is 18.1. The van der Waals surface area contributed by atoms with Gasteiger partial charge in [0, 0.05) is 120 Å². The van der Waals surface area contributed by atoms with Gasteiger partial charge in [-0.15, -0.1) is 0 Å². The van der Waals surface area contributed by atoms with Gasteiger partial charge in [0.05, 0.1) is 22.3 Å². The lowest BCUT2D eigenvalue weighted by molar-refractivity contribution is -0.660. The molecule has 0 N–H and O–H groups in total. The standard InChI is InChI=1S/C31H26NO.2C30H24NO.C24H20NO/c1-19-9-12-23(13-10-19)27-17-28(32(4)18-21(27)3)29-20(2)11-15-26-25-16-14-22-7-5-6-8-24(22)30(25)33-31(26)29;1-19-13-15-25-24-16-14-22-11-7-8-12-23(22)29(24)32-30(25)28(19)27-17-26(20(2)18-31(27)3)21-9-5-4-6-10-21;1-19-8-11-21(12-9-19)23-16-17-31(3)27(18-23)28-20(2)10-14-26-25-15-13-22-6-4-5-7-24(22)29(25)32-30(26)28;1-15-10-11-25(3)22(12-15)20-14-23-21(13-16(20)2)19-9-8-17-6-4-5-7-18(17)24(19)26-23/h5-18H,1-4H3;2*4-18H,1-3H3;4-14H,1-3H3/q4*+1/i3D3;2D3;;. The zero-order valence-electron chi connectivity index (χ0n) is 76.7. The first-order chi connectivity index (χ1) is 62.3. The van der Waals surface area contributed by atoms with Crippen LogP contribution in [0.4, 0.5) is 0 Å². The molecule has 0 amide bonds. The summed E-state index contributed by atoms with van der Waals surface area (Å²) in [6.45, 7) is 10.3. The Labute approximate surface area is 723 Å². The number of aromatic nitrogens is 4. The van der Waals surface area contributed by atoms with Gasteiger partial charge in [0.15, 0.2) is 24.8 Å². The largest absolute Gasteiger partial charge is 0.455 e. The molecule has 0 spiro atoms. The van der Waals surface area contributed by atoms with Gasteiger partial charge in [-0.3, -0.25) is 0 Å². The first-order valence-corrected chi connectivity index (χ1v) is 41.9. The van der Waals surface area contributed by atoms with Gasteiger partial charge in [-0.2, -0.15) is 0 Å². The number of benzene rings is 15. The molecule has 0 atom stereocenters. The Morgan fingerprint density at radius 3 is 1.02 bits per heavy atom. The molecule has 0 unspecified atom stereocenters. The number of nitrogens with zero attached hydrogens (tertiary/aromatic N) is 4. The highest BCUT2D eigenvalue weighted by molar-refractivity contribution is 6.21. The predicted octanol–water partition coefficient (Wildman–Crippen LogP) is 28.7. The number of rotatable bonds is 7. The van der Waals surface area contributed by atoms with Crippen molar-refractivity contribution >= 4 is 131 Å². The molecule has 8 nitrogen and oxygen atoms in total. The molecule has 0 saturated carbocycles. The molecule has 0 aliphatic carbocycles. The van der Waals surface area contributed by atoms with E-state index in [2.05, 4.69) is 296 Å². The maximum Gasteiger partial charge on any atom is 0.216 e. The van der Waals surface area contributed by atoms with E-state index in [0.717, 1.165) is 166 Å². The van der Waals surface area contributed by atoms with E-state index >= 15 is 0 Å². The van der Waals surface area contributed by atoms with Gasteiger partial charge in [0.2, 0.25) is 22.8 Å². The molecule has 123 heavy (non-hydrogen) atoms. The maximum atomic E-state index is 8.20. The summed E-state index contributed by atoms with van der Waals surface area (Å²) in [5.74, 6) is 0. The summed E-state index contributed by atoms with van der Waals surface area (Å²) in [4.78, 5) is 0. The van der Waals surface area contributed by atoms with Crippen molar-refractivity contribution in [1.82, 2.24) is 0 Å². The van der Waals surface area contributed by atoms with Crippen molar-refractivity contribution in [2.45, 2.75) is 62.2 Å². The Balaban J connectivity index is 0.000000108. The van der Waals surface area contributed by atoms with Crippen molar-refractivity contribution in [1.29, 1.82) is 0 Å². The monoisotopic (exact) mass is 1600 g/mol. The van der Waals surface area contributed by atoms with E-state index in [1.54, 1.807) is 12.4 Å². The molecule has 0 fully saturated rings. The molecule has 594 valence electrons. The SMILES string of the molecule is Cc1cc[n+](C)c(-c2cc3oc4c5ccccc5ccc4c3cc2C)c1.Cc1ccc(-c2cc[n+](C)c(-c3c(C)ccc4c3oc3c5ccccc5ccc43)c2)cc1.[2H]C([2H])([2H])c1c[n+](C)c(-c2c(C)ccc3c2oc2c4ccccc4ccc32)cc1-c1ccc(C)cc1.[2H]C([2H])([2H])c1c[n+](C)c(-c2c(C)ccc3c2oc2c4ccccc4ccc32)cc1-c1ccccc1. The Bertz CT molecular complexity index is 8470. The molecule has 8 heteroatoms. The topological polar surface area (TPSA) is 68.1 Å². The maximum absolute atomic E-state index is 8.20. The third kappa shape index (κ3) is 13.7. The van der Waals surface area contributed by atoms with E-state index in [-0.39, 0.29) is 0 Å². The summed E-state index contributed by atoms with van der Waals surface area (Å²) in [5.41, 5.74) is 30.2. The van der Waals surface area contributed by atoms with Crippen LogP contribution < -0.4 is 18.3 Å². The van der Waals surface area contributed by atoms with Crippen LogP contribution in [0.15, 0.2) is 352 Å². The van der Waals surface area contributed by atoms with E-state index < -0.39 is 13.7 Å². The van der Waals surface area contributed by atoms with Crippen LogP contribution in [0.1, 0.15) is 58.3 Å². The van der Waals surface area contributed by atoms with E-state index in [1.165, 1.54) is 71.6 Å². The normalized spacial score (nSPS) is 12.5. The molecule has 23 aromatic rings. The van der Waals surface area contributed by atoms with Crippen LogP contribution in [0.25, 0.3) is 209 Å². The van der Waals surface area contributed by atoms with E-state index in [1.807, 2.05) is 121 Å². The molecule has 0 radical (unpaired) electrons. The van der Waals surface area contributed by atoms with Gasteiger partial charge >= 0.3 is 0 Å². The molecule has 8 heterocycles. The molecule has 0 bridgehead atoms. The van der Waals surface area contributed by atoms with Crippen LogP contribution >= 0.6 is 0 Å². The van der Waals surface area contributed by atoms with Crippen LogP contribution in [-0.2, 0) is 28.2 Å². The molecular weight excluding hydrogens is 1500 g/mol. The fourth-order valence-electron chi connectivity index (χ4n) is 18.2. The van der Waals surface area contributed by atoms with Crippen LogP contribution in [0.5, 0.6) is 0 Å². The number of fused-ring (bicyclic) bond motifs is 20. The number of hydrogen-bond acceptors (Lipinski definition) is 4. The Hall–Kier alpha value is -14.9. The van der Waals surface area contributed by atoms with E-state index in [9.17, 15) is 0 Å². The van der Waals surface area contributed by atoms with Crippen LogP contribution in [0.2, 0.25) is 0 Å². The van der Waals surface area contributed by atoms with Crippen molar-refractivity contribution in [2.24, 2.45) is 28.2 Å². The third-order valence-electron chi connectivity index (χ3n) is 24.8. The molecule has 23 rings (SSSR count). The minimum atomic E-state index is -2.24. The lowest BCUT2D eigenvalue weighted by Gasteiger charge is -2.10. The highest BCUT2D eigenvalue weighted by atomic mass is 16.3. The summed E-state index contributed by atoms with van der Waals surface area (Å²) in [6.07, 6.45) is 7.73. The first-order valence-electron chi connectivity index (χ1n) is 44.9. The molecule has 15 aromatic carbocycles. The van der Waals surface area contributed by atoms with Gasteiger partial charge in [0.25, 0.3) is 0 Å². The van der Waals surface area contributed by atoms with Gasteiger partial charge in [0.1, 0.15) is 72.9 Å². The van der Waals surface area contributed by atoms with Crippen LogP contribution in [0.3, 0.4) is 0 Å². The van der Waals surface area contributed by atoms with Crippen molar-refractivity contribution in [3.05, 3.63) is 384 Å². The second kappa shape index (κ2) is 31.1. The smallest absolute Gasteiger partial charge is 0.216 e. The fourth-order valence-corrected chi connectivity index (χ4v) is 18.2. The van der Waals surface area contributed by atoms with Gasteiger partial charge in [-0.25, -0.2) is 18.3 Å². The van der Waals surface area contributed by atoms with Crippen LogP contribution in [-0.4, -0.2) is 0 Å². The molecular formula is C115H94N4O4+4. The number of aryl methyl sites for hydroxylation is 13. The van der Waals surface area contributed by atoms with Gasteiger partial charge in [-0.1, -0.05) is 248 Å². The Morgan fingerprint density at radius 1 is 0.220 bits per heavy atom. The molecule has 0 aliphatic heterocycles. The summed E-state index contributed by atoms with van der Waals surface area (Å²) in [6, 6.07) is 107. The second-order valence-corrected chi connectivity index (χ2v) is 33.0. The van der Waals surface area contributed by atoms with Crippen molar-refractivity contribution < 1.29 is 44.2 Å². The molecule has 8 aromatic heterocycles. The van der Waals surface area contributed by atoms with E-state index in [4.69, 9.17) is 25.9 Å². The summed E-state index contributed by atoms with van der Waals surface area (Å²) in [7, 11) is 7.99. The number of hydrogen-bond donors (Lipinski definition) is 0. The third-order valence-corrected chi connectivity index (χ3v) is 24.8. The van der Waals surface area contributed by atoms with Crippen molar-refractivity contribution in [3.63, 3.8) is 0 Å². The minimum Gasteiger partial charge on any atom is -0.455 e. The molecule has 0 saturated heterocycles. The zero-order valence-corrected chi connectivity index (χ0v) is 70.7. The quantitative estimate of drug-likeness (QED) is 0.149. The summed E-state index contributed by atoms with van der Waals surface area (Å²) < 4.78 is 83.5. The fraction of sp³-hybridized carbons (Fsp3) is 0.113. The highest BCUT2D eigenvalue weighted by Crippen LogP contribution is 2.46. The summed E-state index contributed by atoms with van der Waals surface area (Å²) >= 11 is 0. The minimum absolute atomic E-state index is 0.329.